The van der Waals surface area contributed by atoms with Gasteiger partial charge in [-0.15, -0.1) is 0 Å². The predicted octanol–water partition coefficient (Wildman–Crippen LogP) is 5.16. The quantitative estimate of drug-likeness (QED) is 0.330. The molecule has 0 aliphatic heterocycles. The SMILES string of the molecule is CCc1ccc2c(c1)C(NCC(O)C(Cc1cc(F)cc(F)c1)Nc1cccc(N)c1)CCC2. The molecule has 0 fully saturated rings. The summed E-state index contributed by atoms with van der Waals surface area (Å²) in [6.45, 7) is 2.50. The smallest absolute Gasteiger partial charge is 0.126 e. The topological polar surface area (TPSA) is 70.3 Å². The van der Waals surface area contributed by atoms with E-state index < -0.39 is 23.8 Å². The van der Waals surface area contributed by atoms with Crippen LogP contribution in [0.3, 0.4) is 0 Å². The number of aliphatic hydroxyl groups excluding tert-OH is 1. The van der Waals surface area contributed by atoms with Gasteiger partial charge in [0, 0.05) is 30.0 Å². The third-order valence-corrected chi connectivity index (χ3v) is 6.59. The first-order chi connectivity index (χ1) is 16.4. The summed E-state index contributed by atoms with van der Waals surface area (Å²) in [5.74, 6) is -1.26. The van der Waals surface area contributed by atoms with Crippen molar-refractivity contribution in [3.05, 3.63) is 94.6 Å². The Kier molecular flexibility index (Phi) is 7.80. The zero-order valence-electron chi connectivity index (χ0n) is 19.5. The summed E-state index contributed by atoms with van der Waals surface area (Å²) in [6.07, 6.45) is 3.62. The maximum absolute atomic E-state index is 13.8. The highest BCUT2D eigenvalue weighted by molar-refractivity contribution is 5.54. The highest BCUT2D eigenvalue weighted by Gasteiger charge is 2.25. The van der Waals surface area contributed by atoms with Crippen molar-refractivity contribution < 1.29 is 13.9 Å². The van der Waals surface area contributed by atoms with Crippen molar-refractivity contribution in [2.45, 2.75) is 57.2 Å². The third-order valence-electron chi connectivity index (χ3n) is 6.59. The van der Waals surface area contributed by atoms with E-state index in [4.69, 9.17) is 5.73 Å². The summed E-state index contributed by atoms with van der Waals surface area (Å²) < 4.78 is 27.6. The van der Waals surface area contributed by atoms with E-state index in [0.29, 0.717) is 17.8 Å². The second-order valence-corrected chi connectivity index (χ2v) is 9.17. The van der Waals surface area contributed by atoms with Crippen molar-refractivity contribution in [1.82, 2.24) is 5.32 Å². The molecule has 5 N–H and O–H groups in total. The molecule has 3 unspecified atom stereocenters. The Hall–Kier alpha value is -2.96. The fourth-order valence-corrected chi connectivity index (χ4v) is 4.79. The van der Waals surface area contributed by atoms with E-state index in [9.17, 15) is 13.9 Å². The Morgan fingerprint density at radius 2 is 1.82 bits per heavy atom. The van der Waals surface area contributed by atoms with Crippen molar-refractivity contribution in [2.24, 2.45) is 0 Å². The van der Waals surface area contributed by atoms with Gasteiger partial charge < -0.3 is 21.5 Å². The summed E-state index contributed by atoms with van der Waals surface area (Å²) in [5.41, 5.74) is 11.7. The monoisotopic (exact) mass is 465 g/mol. The van der Waals surface area contributed by atoms with Crippen molar-refractivity contribution in [2.75, 3.05) is 17.6 Å². The van der Waals surface area contributed by atoms with Gasteiger partial charge in [0.1, 0.15) is 11.6 Å². The number of nitrogens with one attached hydrogen (secondary N) is 2. The maximum atomic E-state index is 13.8. The van der Waals surface area contributed by atoms with Crippen LogP contribution in [0.1, 0.15) is 48.1 Å². The second kappa shape index (κ2) is 11.0. The van der Waals surface area contributed by atoms with Crippen LogP contribution < -0.4 is 16.4 Å². The molecule has 1 aliphatic rings. The molecule has 3 atom stereocenters. The van der Waals surface area contributed by atoms with Crippen LogP contribution in [0.4, 0.5) is 20.2 Å². The molecule has 3 aromatic carbocycles. The molecule has 1 aliphatic carbocycles. The number of nitrogens with two attached hydrogens (primary N) is 1. The third kappa shape index (κ3) is 6.13. The molecular formula is C28H33F2N3O. The standard InChI is InChI=1S/C28H33F2N3O/c1-2-18-9-10-20-5-3-8-26(25(20)13-18)32-17-28(34)27(33-24-7-4-6-23(31)16-24)14-19-11-21(29)15-22(30)12-19/h4,6-7,9-13,15-16,26-28,32-34H,2-3,5,8,14,17,31H2,1H3. The lowest BCUT2D eigenvalue weighted by atomic mass is 9.86. The molecule has 4 rings (SSSR count). The molecule has 6 heteroatoms. The van der Waals surface area contributed by atoms with Gasteiger partial charge in [0.2, 0.25) is 0 Å². The second-order valence-electron chi connectivity index (χ2n) is 9.17. The first kappa shape index (κ1) is 24.2. The fourth-order valence-electron chi connectivity index (χ4n) is 4.79. The van der Waals surface area contributed by atoms with E-state index in [1.165, 1.54) is 28.8 Å². The molecule has 3 aromatic rings. The first-order valence-corrected chi connectivity index (χ1v) is 12.0. The zero-order valence-corrected chi connectivity index (χ0v) is 19.5. The highest BCUT2D eigenvalue weighted by Crippen LogP contribution is 2.31. The van der Waals surface area contributed by atoms with Gasteiger partial charge in [-0.1, -0.05) is 31.2 Å². The fraction of sp³-hybridized carbons (Fsp3) is 0.357. The van der Waals surface area contributed by atoms with Crippen LogP contribution in [0.25, 0.3) is 0 Å². The van der Waals surface area contributed by atoms with Crippen LogP contribution in [0.15, 0.2) is 60.7 Å². The van der Waals surface area contributed by atoms with Gasteiger partial charge in [-0.3, -0.25) is 0 Å². The molecule has 0 radical (unpaired) electrons. The van der Waals surface area contributed by atoms with Crippen LogP contribution in [-0.2, 0) is 19.3 Å². The summed E-state index contributed by atoms with van der Waals surface area (Å²) >= 11 is 0. The van der Waals surface area contributed by atoms with Crippen LogP contribution in [0.2, 0.25) is 0 Å². The summed E-state index contributed by atoms with van der Waals surface area (Å²) in [6, 6.07) is 17.1. The maximum Gasteiger partial charge on any atom is 0.126 e. The number of fused-ring (bicyclic) bond motifs is 1. The van der Waals surface area contributed by atoms with Gasteiger partial charge in [0.05, 0.1) is 12.1 Å². The lowest BCUT2D eigenvalue weighted by Gasteiger charge is -2.31. The Bertz CT molecular complexity index is 1100. The molecule has 0 aromatic heterocycles. The number of benzene rings is 3. The van der Waals surface area contributed by atoms with Gasteiger partial charge in [0.15, 0.2) is 0 Å². The summed E-state index contributed by atoms with van der Waals surface area (Å²) in [7, 11) is 0. The van der Waals surface area contributed by atoms with Crippen molar-refractivity contribution >= 4 is 11.4 Å². The van der Waals surface area contributed by atoms with Crippen molar-refractivity contribution in [1.29, 1.82) is 0 Å². The Morgan fingerprint density at radius 1 is 1.03 bits per heavy atom. The van der Waals surface area contributed by atoms with Gasteiger partial charge in [-0.2, -0.15) is 0 Å². The number of nitrogen functional groups attached to an aromatic ring is 1. The van der Waals surface area contributed by atoms with Gasteiger partial charge >= 0.3 is 0 Å². The first-order valence-electron chi connectivity index (χ1n) is 12.0. The summed E-state index contributed by atoms with van der Waals surface area (Å²) in [4.78, 5) is 0. The van der Waals surface area contributed by atoms with E-state index in [1.807, 2.05) is 12.1 Å². The van der Waals surface area contributed by atoms with E-state index in [0.717, 1.165) is 37.4 Å². The average molecular weight is 466 g/mol. The molecule has 0 spiro atoms. The molecule has 0 saturated heterocycles. The minimum atomic E-state index is -0.799. The van der Waals surface area contributed by atoms with Gasteiger partial charge in [-0.25, -0.2) is 8.78 Å². The van der Waals surface area contributed by atoms with Crippen LogP contribution in [-0.4, -0.2) is 23.8 Å². The lowest BCUT2D eigenvalue weighted by molar-refractivity contribution is 0.143. The van der Waals surface area contributed by atoms with E-state index in [2.05, 4.69) is 35.8 Å². The molecular weight excluding hydrogens is 432 g/mol. The molecule has 0 heterocycles. The van der Waals surface area contributed by atoms with E-state index >= 15 is 0 Å². The van der Waals surface area contributed by atoms with Gasteiger partial charge in [0.25, 0.3) is 0 Å². The molecule has 0 bridgehead atoms. The zero-order chi connectivity index (χ0) is 24.1. The van der Waals surface area contributed by atoms with Crippen molar-refractivity contribution in [3.63, 3.8) is 0 Å². The number of anilines is 2. The minimum absolute atomic E-state index is 0.171. The normalized spacial score (nSPS) is 17.1. The highest BCUT2D eigenvalue weighted by atomic mass is 19.1. The molecule has 4 nitrogen and oxygen atoms in total. The predicted molar refractivity (Wildman–Crippen MR) is 134 cm³/mol. The number of hydrogen-bond acceptors (Lipinski definition) is 4. The summed E-state index contributed by atoms with van der Waals surface area (Å²) in [5, 5.41) is 18.0. The number of rotatable bonds is 9. The lowest BCUT2D eigenvalue weighted by Crippen LogP contribution is -2.43. The van der Waals surface area contributed by atoms with E-state index in [-0.39, 0.29) is 12.5 Å². The minimum Gasteiger partial charge on any atom is -0.399 e. The Balaban J connectivity index is 1.50. The molecule has 0 saturated carbocycles. The number of aliphatic hydroxyl groups is 1. The average Bonchev–Trinajstić information content (AvgIpc) is 2.81. The number of hydrogen-bond donors (Lipinski definition) is 4. The molecule has 180 valence electrons. The Labute approximate surface area is 200 Å². The number of halogens is 2. The van der Waals surface area contributed by atoms with Crippen LogP contribution in [0.5, 0.6) is 0 Å². The molecule has 0 amide bonds. The van der Waals surface area contributed by atoms with Crippen molar-refractivity contribution in [3.8, 4) is 0 Å². The Morgan fingerprint density at radius 3 is 2.56 bits per heavy atom. The van der Waals surface area contributed by atoms with Gasteiger partial charge in [-0.05, 0) is 84.7 Å². The molecule has 34 heavy (non-hydrogen) atoms. The van der Waals surface area contributed by atoms with E-state index in [1.54, 1.807) is 12.1 Å². The van der Waals surface area contributed by atoms with Crippen LogP contribution >= 0.6 is 0 Å². The largest absolute Gasteiger partial charge is 0.399 e. The van der Waals surface area contributed by atoms with Crippen LogP contribution in [0, 0.1) is 11.6 Å². The number of aryl methyl sites for hydroxylation is 2.